The Labute approximate surface area is 179 Å². The lowest BCUT2D eigenvalue weighted by atomic mass is 9.91. The quantitative estimate of drug-likeness (QED) is 0.631. The Balaban J connectivity index is 1.41. The molecule has 1 N–H and O–H groups in total. The van der Waals surface area contributed by atoms with E-state index in [4.69, 9.17) is 0 Å². The highest BCUT2D eigenvalue weighted by Gasteiger charge is 2.24. The minimum atomic E-state index is -3.90. The molecule has 0 saturated carbocycles. The number of aryl methyl sites for hydroxylation is 1. The van der Waals surface area contributed by atoms with Gasteiger partial charge in [-0.15, -0.1) is 10.2 Å². The van der Waals surface area contributed by atoms with Gasteiger partial charge in [0.15, 0.2) is 0 Å². The van der Waals surface area contributed by atoms with E-state index >= 15 is 0 Å². The van der Waals surface area contributed by atoms with E-state index in [0.717, 1.165) is 47.2 Å². The van der Waals surface area contributed by atoms with Crippen LogP contribution in [0.4, 0.5) is 10.1 Å². The molecule has 1 aliphatic rings. The van der Waals surface area contributed by atoms with E-state index in [1.54, 1.807) is 12.4 Å². The maximum absolute atomic E-state index is 13.1. The largest absolute Gasteiger partial charge is 0.325 e. The zero-order chi connectivity index (χ0) is 22.0. The smallest absolute Gasteiger partial charge is 0.243 e. The summed E-state index contributed by atoms with van der Waals surface area (Å²) in [5.41, 5.74) is 1.69. The number of carbonyl (C=O) groups is 1. The second-order valence-electron chi connectivity index (χ2n) is 7.52. The number of likely N-dealkylation sites (N-methyl/N-ethyl adjacent to an activating group) is 1. The van der Waals surface area contributed by atoms with Gasteiger partial charge < -0.3 is 9.88 Å². The standard InChI is InChI=1S/C21H22FN5O3S/c1-26(31(29,30)19-8-6-17(22)7-9-19)13-21(28)24-18-4-2-3-15(11-18)16-5-10-20-25-23-14-27(20)12-16/h2-4,6-9,11,14,16H,5,10,12-13H2,1H3,(H,24,28)/t16-/m0/s1. The van der Waals surface area contributed by atoms with E-state index < -0.39 is 21.7 Å². The van der Waals surface area contributed by atoms with Crippen molar-refractivity contribution in [2.75, 3.05) is 18.9 Å². The van der Waals surface area contributed by atoms with Gasteiger partial charge in [-0.05, 0) is 48.4 Å². The van der Waals surface area contributed by atoms with Crippen LogP contribution >= 0.6 is 0 Å². The number of carbonyl (C=O) groups excluding carboxylic acids is 1. The minimum absolute atomic E-state index is 0.0724. The van der Waals surface area contributed by atoms with Crippen LogP contribution in [-0.2, 0) is 27.8 Å². The normalized spacial score (nSPS) is 16.2. The van der Waals surface area contributed by atoms with E-state index in [-0.39, 0.29) is 17.4 Å². The number of halogens is 1. The van der Waals surface area contributed by atoms with Gasteiger partial charge in [0.25, 0.3) is 0 Å². The number of hydrogen-bond donors (Lipinski definition) is 1. The SMILES string of the molecule is CN(CC(=O)Nc1cccc([C@H]2CCc3nncn3C2)c1)S(=O)(=O)c1ccc(F)cc1. The van der Waals surface area contributed by atoms with Gasteiger partial charge >= 0.3 is 0 Å². The molecule has 2 heterocycles. The zero-order valence-corrected chi connectivity index (χ0v) is 17.7. The van der Waals surface area contributed by atoms with Crippen molar-refractivity contribution < 1.29 is 17.6 Å². The van der Waals surface area contributed by atoms with Gasteiger partial charge in [0.1, 0.15) is 18.0 Å². The van der Waals surface area contributed by atoms with Gasteiger partial charge in [0.2, 0.25) is 15.9 Å². The van der Waals surface area contributed by atoms with Gasteiger partial charge in [-0.25, -0.2) is 12.8 Å². The van der Waals surface area contributed by atoms with Gasteiger partial charge in [0.05, 0.1) is 11.4 Å². The second kappa shape index (κ2) is 8.56. The van der Waals surface area contributed by atoms with Crippen LogP contribution in [0.3, 0.4) is 0 Å². The summed E-state index contributed by atoms with van der Waals surface area (Å²) in [4.78, 5) is 12.4. The molecule has 162 valence electrons. The molecule has 0 bridgehead atoms. The minimum Gasteiger partial charge on any atom is -0.325 e. The number of aromatic nitrogens is 3. The number of hydrogen-bond acceptors (Lipinski definition) is 5. The molecule has 0 saturated heterocycles. The molecule has 31 heavy (non-hydrogen) atoms. The molecule has 3 aromatic rings. The van der Waals surface area contributed by atoms with Gasteiger partial charge in [0, 0.05) is 31.6 Å². The Morgan fingerprint density at radius 2 is 2.03 bits per heavy atom. The van der Waals surface area contributed by atoms with Crippen molar-refractivity contribution in [3.05, 3.63) is 72.1 Å². The Kier molecular flexibility index (Phi) is 5.84. The fourth-order valence-electron chi connectivity index (χ4n) is 3.67. The first-order valence-electron chi connectivity index (χ1n) is 9.81. The molecular formula is C21H22FN5O3S. The highest BCUT2D eigenvalue weighted by Crippen LogP contribution is 2.29. The maximum atomic E-state index is 13.1. The van der Waals surface area contributed by atoms with Crippen molar-refractivity contribution in [2.45, 2.75) is 30.2 Å². The molecule has 0 fully saturated rings. The summed E-state index contributed by atoms with van der Waals surface area (Å²) in [5, 5.41) is 10.8. The first-order valence-corrected chi connectivity index (χ1v) is 11.3. The molecular weight excluding hydrogens is 421 g/mol. The van der Waals surface area contributed by atoms with Gasteiger partial charge in [-0.3, -0.25) is 4.79 Å². The number of nitrogens with zero attached hydrogens (tertiary/aromatic N) is 4. The van der Waals surface area contributed by atoms with Crippen molar-refractivity contribution in [3.63, 3.8) is 0 Å². The Bertz CT molecular complexity index is 1190. The van der Waals surface area contributed by atoms with Crippen LogP contribution in [0.15, 0.2) is 59.8 Å². The first-order chi connectivity index (χ1) is 14.8. The Morgan fingerprint density at radius 1 is 1.26 bits per heavy atom. The lowest BCUT2D eigenvalue weighted by molar-refractivity contribution is -0.116. The number of sulfonamides is 1. The van der Waals surface area contributed by atoms with Crippen LogP contribution in [0.1, 0.15) is 23.7 Å². The molecule has 1 amide bonds. The monoisotopic (exact) mass is 443 g/mol. The third-order valence-corrected chi connectivity index (χ3v) is 7.18. The van der Waals surface area contributed by atoms with E-state index in [1.165, 1.54) is 19.2 Å². The lowest BCUT2D eigenvalue weighted by Gasteiger charge is -2.24. The van der Waals surface area contributed by atoms with Crippen molar-refractivity contribution in [1.29, 1.82) is 0 Å². The third-order valence-electron chi connectivity index (χ3n) is 5.36. The van der Waals surface area contributed by atoms with Gasteiger partial charge in [-0.1, -0.05) is 12.1 Å². The number of fused-ring (bicyclic) bond motifs is 1. The highest BCUT2D eigenvalue weighted by atomic mass is 32.2. The number of benzene rings is 2. The molecule has 0 aliphatic carbocycles. The zero-order valence-electron chi connectivity index (χ0n) is 16.9. The average Bonchev–Trinajstić information content (AvgIpc) is 3.22. The predicted molar refractivity (Wildman–Crippen MR) is 112 cm³/mol. The maximum Gasteiger partial charge on any atom is 0.243 e. The topological polar surface area (TPSA) is 97.2 Å². The Morgan fingerprint density at radius 3 is 2.81 bits per heavy atom. The van der Waals surface area contributed by atoms with E-state index in [0.29, 0.717) is 5.69 Å². The van der Waals surface area contributed by atoms with Gasteiger partial charge in [-0.2, -0.15) is 4.31 Å². The van der Waals surface area contributed by atoms with E-state index in [9.17, 15) is 17.6 Å². The molecule has 4 rings (SSSR count). The summed E-state index contributed by atoms with van der Waals surface area (Å²) in [6.07, 6.45) is 3.51. The molecule has 0 spiro atoms. The fraction of sp³-hybridized carbons (Fsp3) is 0.286. The summed E-state index contributed by atoms with van der Waals surface area (Å²) in [7, 11) is -2.59. The summed E-state index contributed by atoms with van der Waals surface area (Å²) >= 11 is 0. The first kappa shape index (κ1) is 21.1. The van der Waals surface area contributed by atoms with Crippen molar-refractivity contribution in [1.82, 2.24) is 19.1 Å². The fourth-order valence-corrected chi connectivity index (χ4v) is 4.80. The number of anilines is 1. The Hall–Kier alpha value is -3.11. The van der Waals surface area contributed by atoms with Crippen molar-refractivity contribution in [3.8, 4) is 0 Å². The number of nitrogens with one attached hydrogen (secondary N) is 1. The number of amides is 1. The van der Waals surface area contributed by atoms with Crippen LogP contribution < -0.4 is 5.32 Å². The predicted octanol–water partition coefficient (Wildman–Crippen LogP) is 2.41. The average molecular weight is 444 g/mol. The molecule has 8 nitrogen and oxygen atoms in total. The van der Waals surface area contributed by atoms with Crippen LogP contribution in [-0.4, -0.2) is 47.0 Å². The molecule has 1 aromatic heterocycles. The van der Waals surface area contributed by atoms with Crippen molar-refractivity contribution in [2.24, 2.45) is 0 Å². The van der Waals surface area contributed by atoms with Crippen LogP contribution in [0, 0.1) is 5.82 Å². The third kappa shape index (κ3) is 4.64. The molecule has 0 radical (unpaired) electrons. The molecule has 1 atom stereocenters. The molecule has 1 aliphatic heterocycles. The van der Waals surface area contributed by atoms with Crippen LogP contribution in [0.2, 0.25) is 0 Å². The summed E-state index contributed by atoms with van der Waals surface area (Å²) < 4.78 is 41.2. The molecule has 0 unspecified atom stereocenters. The summed E-state index contributed by atoms with van der Waals surface area (Å²) in [5.74, 6) is 0.265. The summed E-state index contributed by atoms with van der Waals surface area (Å²) in [6.45, 7) is 0.413. The molecule has 2 aromatic carbocycles. The van der Waals surface area contributed by atoms with Crippen LogP contribution in [0.25, 0.3) is 0 Å². The van der Waals surface area contributed by atoms with E-state index in [1.807, 2.05) is 22.8 Å². The summed E-state index contributed by atoms with van der Waals surface area (Å²) in [6, 6.07) is 12.0. The van der Waals surface area contributed by atoms with Crippen LogP contribution in [0.5, 0.6) is 0 Å². The highest BCUT2D eigenvalue weighted by molar-refractivity contribution is 7.89. The number of rotatable bonds is 6. The second-order valence-corrected chi connectivity index (χ2v) is 9.57. The van der Waals surface area contributed by atoms with Crippen molar-refractivity contribution >= 4 is 21.6 Å². The van der Waals surface area contributed by atoms with E-state index in [2.05, 4.69) is 15.5 Å². The molecule has 10 heteroatoms. The lowest BCUT2D eigenvalue weighted by Crippen LogP contribution is -2.35.